The Kier molecular flexibility index (Phi) is 7.49. The standard InChI is InChI=1S/C20H28N6O6/c21-19(22)23-10-13-1-3-14(4-2-13)26-12-15(32-20(26)31)11-24-5-7-25(8-6-24)16(18(29)30)9-17(27)28/h1-4,15-16H,5-12H2,(H,27,28)(H,29,30)(H4,21,22,23)/t15?,16-/m1/s1. The summed E-state index contributed by atoms with van der Waals surface area (Å²) in [4.78, 5) is 40.0. The Labute approximate surface area is 185 Å². The number of carbonyl (C=O) groups excluding carboxylic acids is 1. The Morgan fingerprint density at radius 1 is 1.19 bits per heavy atom. The molecule has 6 N–H and O–H groups in total. The molecule has 2 fully saturated rings. The third kappa shape index (κ3) is 6.08. The number of rotatable bonds is 9. The number of benzene rings is 1. The molecular formula is C20H28N6O6. The number of carbonyl (C=O) groups is 3. The average Bonchev–Trinajstić information content (AvgIpc) is 3.11. The number of cyclic esters (lactones) is 1. The summed E-state index contributed by atoms with van der Waals surface area (Å²) in [7, 11) is 0. The number of aliphatic carboxylic acids is 2. The van der Waals surface area contributed by atoms with Crippen LogP contribution < -0.4 is 16.0 Å². The molecule has 2 saturated heterocycles. The van der Waals surface area contributed by atoms with Crippen molar-refractivity contribution in [3.8, 4) is 0 Å². The van der Waals surface area contributed by atoms with Gasteiger partial charge in [-0.25, -0.2) is 4.79 Å². The normalized spacial score (nSPS) is 20.6. The van der Waals surface area contributed by atoms with Gasteiger partial charge in [0.25, 0.3) is 0 Å². The van der Waals surface area contributed by atoms with Crippen molar-refractivity contribution in [1.29, 1.82) is 5.41 Å². The maximum atomic E-state index is 12.3. The fraction of sp³-hybridized carbons (Fsp3) is 0.500. The van der Waals surface area contributed by atoms with Gasteiger partial charge in [0, 0.05) is 45.0 Å². The van der Waals surface area contributed by atoms with Crippen molar-refractivity contribution in [2.45, 2.75) is 25.1 Å². The highest BCUT2D eigenvalue weighted by Crippen LogP contribution is 2.23. The molecule has 0 aromatic heterocycles. The van der Waals surface area contributed by atoms with E-state index in [4.69, 9.17) is 21.0 Å². The van der Waals surface area contributed by atoms with Crippen molar-refractivity contribution in [3.05, 3.63) is 29.8 Å². The lowest BCUT2D eigenvalue weighted by Crippen LogP contribution is -2.54. The van der Waals surface area contributed by atoms with Crippen molar-refractivity contribution >= 4 is 29.7 Å². The molecule has 32 heavy (non-hydrogen) atoms. The summed E-state index contributed by atoms with van der Waals surface area (Å²) < 4.78 is 5.51. The molecule has 1 amide bonds. The zero-order valence-corrected chi connectivity index (χ0v) is 17.6. The molecule has 0 saturated carbocycles. The van der Waals surface area contributed by atoms with Gasteiger partial charge in [-0.15, -0.1) is 0 Å². The first-order valence-electron chi connectivity index (χ1n) is 10.3. The highest BCUT2D eigenvalue weighted by atomic mass is 16.6. The second kappa shape index (κ2) is 10.3. The summed E-state index contributed by atoms with van der Waals surface area (Å²) in [5.74, 6) is -2.38. The van der Waals surface area contributed by atoms with Crippen molar-refractivity contribution < 1.29 is 29.3 Å². The number of hydrogen-bond acceptors (Lipinski definition) is 7. The third-order valence-electron chi connectivity index (χ3n) is 5.57. The highest BCUT2D eigenvalue weighted by molar-refractivity contribution is 5.89. The number of nitrogens with zero attached hydrogens (tertiary/aromatic N) is 3. The van der Waals surface area contributed by atoms with Gasteiger partial charge in [0.15, 0.2) is 5.96 Å². The zero-order chi connectivity index (χ0) is 23.3. The number of nitrogens with one attached hydrogen (secondary N) is 2. The van der Waals surface area contributed by atoms with Gasteiger partial charge in [-0.3, -0.25) is 29.7 Å². The molecule has 174 valence electrons. The number of piperazine rings is 1. The number of carboxylic acids is 2. The molecule has 1 aromatic rings. The lowest BCUT2D eigenvalue weighted by atomic mass is 10.1. The molecule has 2 aliphatic heterocycles. The number of amides is 1. The van der Waals surface area contributed by atoms with Crippen LogP contribution in [0.1, 0.15) is 12.0 Å². The molecule has 0 aliphatic carbocycles. The summed E-state index contributed by atoms with van der Waals surface area (Å²) in [6, 6.07) is 6.28. The van der Waals surface area contributed by atoms with E-state index < -0.39 is 30.5 Å². The van der Waals surface area contributed by atoms with Crippen LogP contribution in [-0.4, -0.2) is 95.4 Å². The lowest BCUT2D eigenvalue weighted by Gasteiger charge is -2.37. The van der Waals surface area contributed by atoms with Gasteiger partial charge >= 0.3 is 18.0 Å². The van der Waals surface area contributed by atoms with Gasteiger partial charge in [-0.1, -0.05) is 12.1 Å². The summed E-state index contributed by atoms with van der Waals surface area (Å²) in [6.07, 6.45) is -1.17. The number of anilines is 1. The van der Waals surface area contributed by atoms with E-state index in [0.717, 1.165) is 5.56 Å². The second-order valence-corrected chi connectivity index (χ2v) is 7.84. The van der Waals surface area contributed by atoms with Crippen LogP contribution in [0.4, 0.5) is 10.5 Å². The third-order valence-corrected chi connectivity index (χ3v) is 5.57. The average molecular weight is 448 g/mol. The Morgan fingerprint density at radius 3 is 2.41 bits per heavy atom. The molecule has 1 aromatic carbocycles. The van der Waals surface area contributed by atoms with Crippen molar-refractivity contribution in [3.63, 3.8) is 0 Å². The molecule has 2 aliphatic rings. The molecule has 2 atom stereocenters. The molecule has 3 rings (SSSR count). The van der Waals surface area contributed by atoms with E-state index >= 15 is 0 Å². The largest absolute Gasteiger partial charge is 0.481 e. The van der Waals surface area contributed by atoms with Gasteiger partial charge in [-0.05, 0) is 17.7 Å². The van der Waals surface area contributed by atoms with Crippen LogP contribution in [0, 0.1) is 5.41 Å². The number of carboxylic acid groups (broad SMARTS) is 2. The summed E-state index contributed by atoms with van der Waals surface area (Å²) in [5.41, 5.74) is 6.92. The van der Waals surface area contributed by atoms with Crippen LogP contribution in [0.2, 0.25) is 0 Å². The Morgan fingerprint density at radius 2 is 1.84 bits per heavy atom. The Bertz CT molecular complexity index is 855. The number of guanidine groups is 1. The zero-order valence-electron chi connectivity index (χ0n) is 17.6. The quantitative estimate of drug-likeness (QED) is 0.246. The molecular weight excluding hydrogens is 420 g/mol. The van der Waals surface area contributed by atoms with Crippen molar-refractivity contribution in [1.82, 2.24) is 15.1 Å². The van der Waals surface area contributed by atoms with Gasteiger partial charge < -0.3 is 26.0 Å². The van der Waals surface area contributed by atoms with E-state index in [0.29, 0.717) is 51.5 Å². The van der Waals surface area contributed by atoms with Gasteiger partial charge in [-0.2, -0.15) is 0 Å². The predicted molar refractivity (Wildman–Crippen MR) is 115 cm³/mol. The van der Waals surface area contributed by atoms with Crippen LogP contribution in [0.15, 0.2) is 24.3 Å². The monoisotopic (exact) mass is 448 g/mol. The number of hydrogen-bond donors (Lipinski definition) is 5. The van der Waals surface area contributed by atoms with E-state index in [1.54, 1.807) is 9.80 Å². The van der Waals surface area contributed by atoms with Crippen LogP contribution in [0.3, 0.4) is 0 Å². The first kappa shape index (κ1) is 23.3. The predicted octanol–water partition coefficient (Wildman–Crippen LogP) is -0.460. The number of nitrogens with two attached hydrogens (primary N) is 1. The SMILES string of the molecule is N=C(N)NCc1ccc(N2CC(CN3CCN([C@H](CC(=O)O)C(=O)O)CC3)OC2=O)cc1. The van der Waals surface area contributed by atoms with Gasteiger partial charge in [0.2, 0.25) is 0 Å². The van der Waals surface area contributed by atoms with Gasteiger partial charge in [0.05, 0.1) is 13.0 Å². The van der Waals surface area contributed by atoms with Crippen LogP contribution in [0.5, 0.6) is 0 Å². The first-order valence-corrected chi connectivity index (χ1v) is 10.3. The minimum atomic E-state index is -1.14. The van der Waals surface area contributed by atoms with E-state index in [1.165, 1.54) is 0 Å². The molecule has 12 nitrogen and oxygen atoms in total. The smallest absolute Gasteiger partial charge is 0.414 e. The van der Waals surface area contributed by atoms with Crippen LogP contribution in [0.25, 0.3) is 0 Å². The lowest BCUT2D eigenvalue weighted by molar-refractivity contribution is -0.150. The molecule has 0 radical (unpaired) electrons. The van der Waals surface area contributed by atoms with Gasteiger partial charge in [0.1, 0.15) is 12.1 Å². The summed E-state index contributed by atoms with van der Waals surface area (Å²) in [6.45, 7) is 3.34. The maximum Gasteiger partial charge on any atom is 0.414 e. The van der Waals surface area contributed by atoms with Crippen LogP contribution >= 0.6 is 0 Å². The molecule has 0 spiro atoms. The minimum Gasteiger partial charge on any atom is -0.481 e. The molecule has 2 heterocycles. The van der Waals surface area contributed by atoms with E-state index in [1.807, 2.05) is 24.3 Å². The maximum absolute atomic E-state index is 12.3. The topological polar surface area (TPSA) is 173 Å². The first-order chi connectivity index (χ1) is 15.2. The Hall–Kier alpha value is -3.38. The fourth-order valence-electron chi connectivity index (χ4n) is 3.90. The number of ether oxygens (including phenoxy) is 1. The molecule has 1 unspecified atom stereocenters. The van der Waals surface area contributed by atoms with E-state index in [9.17, 15) is 19.5 Å². The van der Waals surface area contributed by atoms with Crippen molar-refractivity contribution in [2.24, 2.45) is 5.73 Å². The molecule has 0 bridgehead atoms. The van der Waals surface area contributed by atoms with Crippen LogP contribution in [-0.2, 0) is 20.9 Å². The Balaban J connectivity index is 1.49. The fourth-order valence-corrected chi connectivity index (χ4v) is 3.90. The molecule has 12 heteroatoms. The highest BCUT2D eigenvalue weighted by Gasteiger charge is 2.35. The van der Waals surface area contributed by atoms with E-state index in [-0.39, 0.29) is 12.1 Å². The van der Waals surface area contributed by atoms with Crippen molar-refractivity contribution in [2.75, 3.05) is 44.2 Å². The summed E-state index contributed by atoms with van der Waals surface area (Å²) >= 11 is 0. The minimum absolute atomic E-state index is 0.110. The summed E-state index contributed by atoms with van der Waals surface area (Å²) in [5, 5.41) is 28.2. The second-order valence-electron chi connectivity index (χ2n) is 7.84. The van der Waals surface area contributed by atoms with E-state index in [2.05, 4.69) is 10.2 Å².